The minimum absolute atomic E-state index is 0.111. The Morgan fingerprint density at radius 1 is 0.188 bits per heavy atom. The van der Waals surface area contributed by atoms with E-state index in [0.717, 1.165) is 61.7 Å². The fourth-order valence-corrected chi connectivity index (χ4v) is 12.3. The molecule has 0 saturated heterocycles. The summed E-state index contributed by atoms with van der Waals surface area (Å²) in [7, 11) is 0. The van der Waals surface area contributed by atoms with Gasteiger partial charge in [0.2, 0.25) is 0 Å². The fraction of sp³-hybridized carbons (Fsp3) is 0.0263. The van der Waals surface area contributed by atoms with Gasteiger partial charge in [-0.3, -0.25) is 9.97 Å². The quantitative estimate of drug-likeness (QED) is 0.137. The van der Waals surface area contributed by atoms with Crippen molar-refractivity contribution in [3.05, 3.63) is 325 Å². The van der Waals surface area contributed by atoms with Crippen LogP contribution in [-0.2, 0) is 0 Å². The van der Waals surface area contributed by atoms with E-state index in [1.165, 1.54) is 77.9 Å². The number of rotatable bonds is 10. The summed E-state index contributed by atoms with van der Waals surface area (Å²) in [5, 5.41) is 0. The van der Waals surface area contributed by atoms with Gasteiger partial charge >= 0.3 is 0 Å². The Kier molecular flexibility index (Phi) is 11.6. The summed E-state index contributed by atoms with van der Waals surface area (Å²) in [6.45, 7) is 0. The predicted molar refractivity (Wildman–Crippen MR) is 327 cm³/mol. The third-order valence-corrected chi connectivity index (χ3v) is 16.1. The lowest BCUT2D eigenvalue weighted by molar-refractivity contribution is 0.755. The van der Waals surface area contributed by atoms with Crippen LogP contribution in [-0.4, -0.2) is 19.9 Å². The van der Waals surface area contributed by atoms with Crippen molar-refractivity contribution in [3.63, 3.8) is 0 Å². The van der Waals surface area contributed by atoms with Crippen molar-refractivity contribution in [2.75, 3.05) is 0 Å². The van der Waals surface area contributed by atoms with Crippen LogP contribution in [0, 0.1) is 0 Å². The molecule has 13 aromatic rings. The lowest BCUT2D eigenvalue weighted by atomic mass is 9.60. The van der Waals surface area contributed by atoms with Crippen LogP contribution in [0.3, 0.4) is 0 Å². The van der Waals surface area contributed by atoms with Crippen molar-refractivity contribution in [2.45, 2.75) is 11.8 Å². The Morgan fingerprint density at radius 3 is 0.975 bits per heavy atom. The largest absolute Gasteiger partial charge is 0.256 e. The van der Waals surface area contributed by atoms with Crippen molar-refractivity contribution < 1.29 is 0 Å². The van der Waals surface area contributed by atoms with Crippen molar-refractivity contribution >= 4 is 0 Å². The second-order valence-electron chi connectivity index (χ2n) is 20.9. The highest BCUT2D eigenvalue weighted by atomic mass is 14.9. The van der Waals surface area contributed by atoms with E-state index < -0.39 is 0 Å². The molecule has 80 heavy (non-hydrogen) atoms. The van der Waals surface area contributed by atoms with Crippen LogP contribution in [0.1, 0.15) is 45.2 Å². The molecule has 3 heterocycles. The molecule has 0 saturated carbocycles. The fourth-order valence-electron chi connectivity index (χ4n) is 12.3. The predicted octanol–water partition coefficient (Wildman–Crippen LogP) is 18.9. The van der Waals surface area contributed by atoms with Gasteiger partial charge in [0.05, 0.1) is 22.8 Å². The molecule has 0 amide bonds. The van der Waals surface area contributed by atoms with Crippen LogP contribution in [0.15, 0.2) is 291 Å². The highest BCUT2D eigenvalue weighted by Gasteiger charge is 2.41. The zero-order valence-corrected chi connectivity index (χ0v) is 43.7. The zero-order chi connectivity index (χ0) is 52.9. The highest BCUT2D eigenvalue weighted by Crippen LogP contribution is 2.57. The Hall–Kier alpha value is -10.4. The summed E-state index contributed by atoms with van der Waals surface area (Å²) >= 11 is 0. The molecule has 10 aromatic carbocycles. The van der Waals surface area contributed by atoms with Gasteiger partial charge in [-0.25, -0.2) is 9.97 Å². The molecule has 2 atom stereocenters. The molecule has 4 nitrogen and oxygen atoms in total. The molecule has 0 spiro atoms. The summed E-state index contributed by atoms with van der Waals surface area (Å²) in [4.78, 5) is 19.7. The Balaban J connectivity index is 0.777. The van der Waals surface area contributed by atoms with Gasteiger partial charge in [0.25, 0.3) is 0 Å². The number of nitrogens with zero attached hydrogens (tertiary/aromatic N) is 4. The lowest BCUT2D eigenvalue weighted by Crippen LogP contribution is -2.27. The first kappa shape index (κ1) is 46.8. The van der Waals surface area contributed by atoms with Crippen LogP contribution >= 0.6 is 0 Å². The van der Waals surface area contributed by atoms with Gasteiger partial charge < -0.3 is 0 Å². The highest BCUT2D eigenvalue weighted by molar-refractivity contribution is 5.85. The zero-order valence-electron chi connectivity index (χ0n) is 43.7. The summed E-state index contributed by atoms with van der Waals surface area (Å²) in [5.41, 5.74) is 28.9. The van der Waals surface area contributed by atoms with Crippen LogP contribution in [0.4, 0.5) is 0 Å². The normalized spacial score (nSPS) is 13.8. The number of hydrogen-bond donors (Lipinski definition) is 0. The van der Waals surface area contributed by atoms with Crippen LogP contribution in [0.5, 0.6) is 0 Å². The average molecular weight is 1020 g/mol. The maximum atomic E-state index is 5.23. The molecule has 3 aliphatic carbocycles. The van der Waals surface area contributed by atoms with E-state index in [4.69, 9.17) is 9.97 Å². The monoisotopic (exact) mass is 1020 g/mol. The molecule has 0 aliphatic heterocycles. The van der Waals surface area contributed by atoms with Gasteiger partial charge in [-0.2, -0.15) is 0 Å². The minimum atomic E-state index is 0.111. The minimum Gasteiger partial charge on any atom is -0.256 e. The maximum absolute atomic E-state index is 5.23. The molecule has 2 unspecified atom stereocenters. The topological polar surface area (TPSA) is 51.6 Å². The Morgan fingerprint density at radius 2 is 0.512 bits per heavy atom. The summed E-state index contributed by atoms with van der Waals surface area (Å²) < 4.78 is 0. The number of pyridine rings is 2. The summed E-state index contributed by atoms with van der Waals surface area (Å²) in [6, 6.07) is 101. The van der Waals surface area contributed by atoms with Gasteiger partial charge in [0.1, 0.15) is 0 Å². The van der Waals surface area contributed by atoms with Crippen molar-refractivity contribution in [1.29, 1.82) is 0 Å². The Bertz CT molecular complexity index is 4190. The van der Waals surface area contributed by atoms with Gasteiger partial charge in [0, 0.05) is 52.0 Å². The molecule has 4 heteroatoms. The molecule has 3 aliphatic rings. The van der Waals surface area contributed by atoms with E-state index in [1.807, 2.05) is 60.9 Å². The van der Waals surface area contributed by atoms with E-state index in [9.17, 15) is 0 Å². The smallest absolute Gasteiger partial charge is 0.160 e. The first-order valence-corrected chi connectivity index (χ1v) is 27.4. The Labute approximate surface area is 466 Å². The third kappa shape index (κ3) is 8.61. The van der Waals surface area contributed by atoms with Gasteiger partial charge in [-0.15, -0.1) is 0 Å². The van der Waals surface area contributed by atoms with E-state index in [0.29, 0.717) is 5.82 Å². The van der Waals surface area contributed by atoms with Crippen LogP contribution < -0.4 is 0 Å². The van der Waals surface area contributed by atoms with Crippen molar-refractivity contribution in [2.24, 2.45) is 0 Å². The van der Waals surface area contributed by atoms with Crippen molar-refractivity contribution in [1.82, 2.24) is 19.9 Å². The van der Waals surface area contributed by atoms with E-state index >= 15 is 0 Å². The van der Waals surface area contributed by atoms with Crippen LogP contribution in [0.2, 0.25) is 0 Å². The lowest BCUT2D eigenvalue weighted by Gasteiger charge is -2.42. The maximum Gasteiger partial charge on any atom is 0.160 e. The third-order valence-electron chi connectivity index (χ3n) is 16.1. The van der Waals surface area contributed by atoms with Crippen LogP contribution in [0.25, 0.3) is 112 Å². The molecule has 374 valence electrons. The first-order valence-electron chi connectivity index (χ1n) is 27.4. The van der Waals surface area contributed by atoms with E-state index in [2.05, 4.69) is 240 Å². The summed E-state index contributed by atoms with van der Waals surface area (Å²) in [6.07, 6.45) is 3.69. The molecular weight excluding hydrogens is 969 g/mol. The average Bonchev–Trinajstić information content (AvgIpc) is 3.65. The van der Waals surface area contributed by atoms with Gasteiger partial charge in [-0.05, 0) is 174 Å². The first-order chi connectivity index (χ1) is 39.6. The molecular formula is C76H50N4. The second kappa shape index (κ2) is 19.9. The SMILES string of the molecule is c1ccc(-c2cc(-c3cccc(-c4ccc5c(c4)C4c6ccccc6C5c5cc(-c6cccc(-c7cc(-c8cccc(-c9ccccn9)c8)nc(-c8ccccc8)n7)c6)ccc54)c3)cc(-c3cccc(-c4ccccn4)c3)c2)cc1. The molecule has 16 rings (SSSR count). The van der Waals surface area contributed by atoms with E-state index in [-0.39, 0.29) is 11.8 Å². The van der Waals surface area contributed by atoms with Gasteiger partial charge in [-0.1, -0.05) is 194 Å². The standard InChI is InChI=1S/C76H50N4/c1-3-17-49(18-4-1)61-43-62(45-63(44-61)54-24-15-25-57(41-54)70-31-9-11-37-77-70)53-23-13-21-51(39-53)55-33-35-66-68(46-55)74-64-29-7-8-30-65(64)75(66)69-47-56(34-36-67(69)74)52-22-14-27-59(40-52)72-48-73(80-76(79-72)50-19-5-2-6-20-50)60-28-16-26-58(42-60)71-32-10-12-38-78-71/h1-48,74-75H. The second-order valence-corrected chi connectivity index (χ2v) is 20.9. The molecule has 2 bridgehead atoms. The van der Waals surface area contributed by atoms with E-state index in [1.54, 1.807) is 0 Å². The molecule has 0 radical (unpaired) electrons. The number of benzene rings is 10. The summed E-state index contributed by atoms with van der Waals surface area (Å²) in [5.74, 6) is 0.912. The van der Waals surface area contributed by atoms with Gasteiger partial charge in [0.15, 0.2) is 5.82 Å². The van der Waals surface area contributed by atoms with Crippen molar-refractivity contribution in [3.8, 4) is 112 Å². The number of aromatic nitrogens is 4. The molecule has 0 N–H and O–H groups in total. The number of hydrogen-bond acceptors (Lipinski definition) is 4. The molecule has 3 aromatic heterocycles. The molecule has 0 fully saturated rings.